The topological polar surface area (TPSA) is 190 Å². The van der Waals surface area contributed by atoms with Crippen molar-refractivity contribution in [3.63, 3.8) is 0 Å². The number of nitrogens with one attached hydrogen (secondary N) is 2. The standard InChI is InChI=1S/C20H30N4O3S2.C17H22N2O3S.C3H8N2S.2CH4.ClH.2H3P/c1-5-29-17(21)23-18(28)22-14-8-10-15(11-9-14)26-16-7-6-12-24(13-16)19(25)27-20(2,3)4;1-17(2,3)22-16(20)19-10-4-5-15(11-19)21-14-8-6-13(7-9-14)18-12-23;1-2-6-3(4)5;;;;;/h8-11,16H,5-7,12-13H2,1-4H3,(H3,21,22,23,28);6-9,15H,4-5,10-11H2,1-3H3;2H2,1H3,(H3,4,5);2*1H4;1H;2*1H3. The fourth-order valence-electron chi connectivity index (χ4n) is 5.29. The lowest BCUT2D eigenvalue weighted by Gasteiger charge is -2.34. The van der Waals surface area contributed by atoms with E-state index in [4.69, 9.17) is 48.0 Å². The number of carbonyl (C=O) groups is 2. The Morgan fingerprint density at radius 3 is 1.57 bits per heavy atom. The molecule has 2 amide bonds. The number of isothiocyanates is 1. The zero-order chi connectivity index (χ0) is 43.3. The molecule has 0 saturated carbocycles. The van der Waals surface area contributed by atoms with E-state index in [2.05, 4.69) is 32.7 Å². The molecule has 2 aromatic carbocycles. The van der Waals surface area contributed by atoms with Crippen molar-refractivity contribution in [1.82, 2.24) is 9.80 Å². The SMILES string of the molecule is C.C.CC(C)(C)OC(=O)N1CCCC(Oc2ccc(N=C=S)cc2)C1.CCSC(=N)N.CCSC(N)=NC(=S)Nc1ccc(OC2CCCN(C(=O)OC(C)(C)C)C2)cc1.Cl.P.P. The maximum Gasteiger partial charge on any atom is 0.410 e. The fraction of sp³-hybridized carbons (Fsp3) is 0.571. The number of thiocarbonyl (C=S) groups is 2. The van der Waals surface area contributed by atoms with E-state index < -0.39 is 11.2 Å². The molecule has 6 N–H and O–H groups in total. The van der Waals surface area contributed by atoms with Crippen LogP contribution in [0.15, 0.2) is 58.5 Å². The number of aliphatic imine (C=N–C) groups is 2. The van der Waals surface area contributed by atoms with Crippen molar-refractivity contribution < 1.29 is 28.5 Å². The van der Waals surface area contributed by atoms with Gasteiger partial charge >= 0.3 is 12.2 Å². The van der Waals surface area contributed by atoms with Gasteiger partial charge in [-0.15, -0.1) is 12.4 Å². The minimum absolute atomic E-state index is 0. The number of halogens is 1. The molecular weight excluding hydrogens is 938 g/mol. The van der Waals surface area contributed by atoms with Gasteiger partial charge in [0.05, 0.1) is 23.9 Å². The normalized spacial score (nSPS) is 15.5. The number of carbonyl (C=O) groups excluding carboxylic acids is 2. The molecule has 21 heteroatoms. The Bertz CT molecular complexity index is 1720. The number of benzene rings is 2. The highest BCUT2D eigenvalue weighted by Gasteiger charge is 2.30. The Hall–Kier alpha value is -2.94. The number of piperidine rings is 2. The van der Waals surface area contributed by atoms with Crippen LogP contribution in [0.4, 0.5) is 21.0 Å². The summed E-state index contributed by atoms with van der Waals surface area (Å²) in [6.07, 6.45) is 2.93. The van der Waals surface area contributed by atoms with Gasteiger partial charge in [-0.05, 0) is 152 Å². The van der Waals surface area contributed by atoms with E-state index in [1.54, 1.807) is 9.80 Å². The minimum Gasteiger partial charge on any atom is -0.489 e. The molecule has 0 aromatic heterocycles. The lowest BCUT2D eigenvalue weighted by molar-refractivity contribution is 0.00713. The molecule has 0 radical (unpaired) electrons. The smallest absolute Gasteiger partial charge is 0.410 e. The number of anilines is 1. The van der Waals surface area contributed by atoms with Crippen molar-refractivity contribution in [3.8, 4) is 11.5 Å². The summed E-state index contributed by atoms with van der Waals surface area (Å²) in [5.74, 6) is 3.23. The Morgan fingerprint density at radius 1 is 0.810 bits per heavy atom. The predicted octanol–water partition coefficient (Wildman–Crippen LogP) is 10.9. The Labute approximate surface area is 409 Å². The molecule has 63 heavy (non-hydrogen) atoms. The van der Waals surface area contributed by atoms with Crippen LogP contribution in [0.25, 0.3) is 0 Å². The summed E-state index contributed by atoms with van der Waals surface area (Å²) >= 11 is 12.6. The van der Waals surface area contributed by atoms with E-state index in [0.29, 0.717) is 36.5 Å². The highest BCUT2D eigenvalue weighted by Crippen LogP contribution is 2.24. The lowest BCUT2D eigenvalue weighted by Crippen LogP contribution is -2.46. The quantitative estimate of drug-likeness (QED) is 0.0847. The molecule has 2 heterocycles. The van der Waals surface area contributed by atoms with Gasteiger partial charge in [0.15, 0.2) is 15.4 Å². The van der Waals surface area contributed by atoms with Gasteiger partial charge < -0.3 is 45.5 Å². The Balaban J connectivity index is -0.000000463. The fourth-order valence-corrected chi connectivity index (χ4v) is 6.44. The monoisotopic (exact) mass is 1010 g/mol. The number of amides is 2. The molecule has 0 aliphatic carbocycles. The number of hydrogen-bond acceptors (Lipinski definition) is 12. The van der Waals surface area contributed by atoms with Crippen LogP contribution in [-0.4, -0.2) is 104 Å². The summed E-state index contributed by atoms with van der Waals surface area (Å²) in [6.45, 7) is 17.6. The second-order valence-electron chi connectivity index (χ2n) is 14.9. The van der Waals surface area contributed by atoms with E-state index in [9.17, 15) is 9.59 Å². The molecule has 2 aromatic rings. The van der Waals surface area contributed by atoms with Gasteiger partial charge in [-0.3, -0.25) is 5.41 Å². The summed E-state index contributed by atoms with van der Waals surface area (Å²) in [5, 5.41) is 13.0. The van der Waals surface area contributed by atoms with Crippen molar-refractivity contribution in [3.05, 3.63) is 48.5 Å². The average Bonchev–Trinajstić information content (AvgIpc) is 3.13. The number of ether oxygens (including phenoxy) is 4. The molecule has 360 valence electrons. The average molecular weight is 1010 g/mol. The van der Waals surface area contributed by atoms with Gasteiger partial charge in [0, 0.05) is 18.8 Å². The largest absolute Gasteiger partial charge is 0.489 e. The first kappa shape index (κ1) is 66.7. The predicted molar refractivity (Wildman–Crippen MR) is 289 cm³/mol. The third kappa shape index (κ3) is 30.0. The second kappa shape index (κ2) is 34.4. The highest BCUT2D eigenvalue weighted by atomic mass is 35.5. The van der Waals surface area contributed by atoms with Crippen LogP contribution in [0.1, 0.15) is 95.9 Å². The molecule has 2 aliphatic heterocycles. The second-order valence-corrected chi connectivity index (χ2v) is 18.1. The number of hydrogen-bond donors (Lipinski definition) is 4. The summed E-state index contributed by atoms with van der Waals surface area (Å²) in [4.78, 5) is 35.9. The zero-order valence-corrected chi connectivity index (χ0v) is 43.6. The number of thioether (sulfide) groups is 2. The molecule has 2 fully saturated rings. The number of likely N-dealkylation sites (tertiary alicyclic amines) is 2. The zero-order valence-electron chi connectivity index (χ0n) is 36.7. The van der Waals surface area contributed by atoms with Gasteiger partial charge in [-0.25, -0.2) is 9.59 Å². The molecule has 0 spiro atoms. The summed E-state index contributed by atoms with van der Waals surface area (Å²) < 4.78 is 22.9. The number of amidine groups is 2. The van der Waals surface area contributed by atoms with Crippen molar-refractivity contribution in [2.75, 3.05) is 43.0 Å². The number of nitrogens with two attached hydrogens (primary N) is 2. The van der Waals surface area contributed by atoms with Crippen LogP contribution in [0.2, 0.25) is 0 Å². The van der Waals surface area contributed by atoms with Crippen LogP contribution in [0.5, 0.6) is 11.5 Å². The third-order valence-electron chi connectivity index (χ3n) is 7.59. The van der Waals surface area contributed by atoms with Crippen LogP contribution < -0.4 is 26.3 Å². The molecule has 4 unspecified atom stereocenters. The molecule has 2 aliphatic rings. The van der Waals surface area contributed by atoms with E-state index >= 15 is 0 Å². The maximum absolute atomic E-state index is 12.3. The molecule has 0 bridgehead atoms. The van der Waals surface area contributed by atoms with E-state index in [-0.39, 0.29) is 76.6 Å². The Morgan fingerprint density at radius 2 is 1.22 bits per heavy atom. The number of rotatable bonds is 8. The van der Waals surface area contributed by atoms with Gasteiger partial charge in [-0.2, -0.15) is 29.8 Å². The van der Waals surface area contributed by atoms with E-state index in [1.807, 2.05) is 104 Å². The first-order valence-corrected chi connectivity index (χ1v) is 21.9. The van der Waals surface area contributed by atoms with Crippen molar-refractivity contribution in [2.45, 2.75) is 119 Å². The molecule has 4 atom stereocenters. The van der Waals surface area contributed by atoms with Gasteiger partial charge in [0.2, 0.25) is 0 Å². The van der Waals surface area contributed by atoms with Gasteiger partial charge in [0.1, 0.15) is 34.9 Å². The molecule has 2 saturated heterocycles. The van der Waals surface area contributed by atoms with Crippen molar-refractivity contribution in [2.24, 2.45) is 21.5 Å². The van der Waals surface area contributed by atoms with E-state index in [1.165, 1.54) is 23.5 Å². The number of nitrogens with zero attached hydrogens (tertiary/aromatic N) is 4. The van der Waals surface area contributed by atoms with Crippen LogP contribution in [0.3, 0.4) is 0 Å². The lowest BCUT2D eigenvalue weighted by atomic mass is 10.1. The van der Waals surface area contributed by atoms with Gasteiger partial charge in [-0.1, -0.05) is 52.2 Å². The Kier molecular flexibility index (Phi) is 36.4. The molecule has 4 rings (SSSR count). The maximum atomic E-state index is 12.3. The highest BCUT2D eigenvalue weighted by molar-refractivity contribution is 8.14. The van der Waals surface area contributed by atoms with Gasteiger partial charge in [0.25, 0.3) is 0 Å². The first-order chi connectivity index (χ1) is 27.3. The molecule has 14 nitrogen and oxygen atoms in total. The van der Waals surface area contributed by atoms with E-state index in [0.717, 1.165) is 60.1 Å². The van der Waals surface area contributed by atoms with Crippen LogP contribution >= 0.6 is 80.2 Å². The van der Waals surface area contributed by atoms with Crippen molar-refractivity contribution in [1.29, 1.82) is 5.41 Å². The summed E-state index contributed by atoms with van der Waals surface area (Å²) in [6, 6.07) is 14.8. The van der Waals surface area contributed by atoms with Crippen LogP contribution in [0, 0.1) is 5.41 Å². The van der Waals surface area contributed by atoms with Crippen molar-refractivity contribution >= 4 is 124 Å². The summed E-state index contributed by atoms with van der Waals surface area (Å²) in [7, 11) is 0. The minimum atomic E-state index is -0.502. The molecular formula is C42H75ClN8O6P2S4. The first-order valence-electron chi connectivity index (χ1n) is 19.1. The summed E-state index contributed by atoms with van der Waals surface area (Å²) in [5.41, 5.74) is 11.3. The third-order valence-corrected chi connectivity index (χ3v) is 9.15. The van der Waals surface area contributed by atoms with Crippen LogP contribution in [-0.2, 0) is 9.47 Å².